The van der Waals surface area contributed by atoms with Crippen LogP contribution in [-0.2, 0) is 23.0 Å². The number of hydrogen-bond acceptors (Lipinski definition) is 6. The fourth-order valence-corrected chi connectivity index (χ4v) is 4.92. The summed E-state index contributed by atoms with van der Waals surface area (Å²) in [5, 5.41) is 0.226. The fraction of sp³-hybridized carbons (Fsp3) is 0.421. The molecule has 0 atom stereocenters. The minimum atomic E-state index is -3.62. The normalized spacial score (nSPS) is 14.5. The van der Waals surface area contributed by atoms with Crippen molar-refractivity contribution in [2.45, 2.75) is 24.3 Å². The van der Waals surface area contributed by atoms with Crippen molar-refractivity contribution in [2.24, 2.45) is 0 Å². The number of aromatic nitrogens is 1. The number of benzene rings is 1. The number of pyridine rings is 1. The van der Waals surface area contributed by atoms with Crippen LogP contribution in [-0.4, -0.2) is 52.2 Å². The highest BCUT2D eigenvalue weighted by Crippen LogP contribution is 2.33. The predicted octanol–water partition coefficient (Wildman–Crippen LogP) is 3.24. The van der Waals surface area contributed by atoms with Crippen LogP contribution in [0, 0.1) is 0 Å². The lowest BCUT2D eigenvalue weighted by molar-refractivity contribution is 0.250. The Labute approximate surface area is 184 Å². The second-order valence-corrected chi connectivity index (χ2v) is 9.68. The monoisotopic (exact) mass is 503 g/mol. The highest BCUT2D eigenvalue weighted by molar-refractivity contribution is 9.10. The number of ether oxygens (including phenoxy) is 2. The topological polar surface area (TPSA) is 80.8 Å². The molecule has 0 radical (unpaired) electrons. The van der Waals surface area contributed by atoms with Gasteiger partial charge in [0.1, 0.15) is 10.0 Å². The van der Waals surface area contributed by atoms with Gasteiger partial charge in [0.2, 0.25) is 10.0 Å². The van der Waals surface area contributed by atoms with Crippen molar-refractivity contribution in [1.82, 2.24) is 14.6 Å². The smallest absolute Gasteiger partial charge is 0.242 e. The molecule has 1 aliphatic heterocycles. The van der Waals surface area contributed by atoms with Gasteiger partial charge in [-0.3, -0.25) is 4.90 Å². The molecule has 0 spiro atoms. The number of sulfonamides is 1. The van der Waals surface area contributed by atoms with Crippen LogP contribution < -0.4 is 14.2 Å². The van der Waals surface area contributed by atoms with Gasteiger partial charge in [-0.15, -0.1) is 0 Å². The molecule has 0 bridgehead atoms. The Hall–Kier alpha value is -1.39. The molecule has 10 heteroatoms. The SMILES string of the molecule is COc1cc2c(cc1OC)CN(CCCNS(=O)(=O)c1cnc(Cl)c(Br)c1)CC2. The molecule has 0 saturated heterocycles. The Morgan fingerprint density at radius 1 is 1.21 bits per heavy atom. The summed E-state index contributed by atoms with van der Waals surface area (Å²) in [7, 11) is -0.349. The van der Waals surface area contributed by atoms with Crippen LogP contribution in [0.4, 0.5) is 0 Å². The van der Waals surface area contributed by atoms with Gasteiger partial charge in [-0.05, 0) is 64.6 Å². The molecule has 0 fully saturated rings. The second-order valence-electron chi connectivity index (χ2n) is 6.70. The molecule has 0 aliphatic carbocycles. The van der Waals surface area contributed by atoms with E-state index in [1.165, 1.54) is 23.4 Å². The molecule has 3 rings (SSSR count). The van der Waals surface area contributed by atoms with E-state index in [4.69, 9.17) is 21.1 Å². The van der Waals surface area contributed by atoms with Crippen LogP contribution in [0.3, 0.4) is 0 Å². The summed E-state index contributed by atoms with van der Waals surface area (Å²) in [5.74, 6) is 1.47. The van der Waals surface area contributed by atoms with Crippen LogP contribution in [0.5, 0.6) is 11.5 Å². The summed E-state index contributed by atoms with van der Waals surface area (Å²) in [5.41, 5.74) is 2.48. The molecule has 7 nitrogen and oxygen atoms in total. The lowest BCUT2D eigenvalue weighted by atomic mass is 9.98. The van der Waals surface area contributed by atoms with E-state index in [0.29, 0.717) is 17.4 Å². The van der Waals surface area contributed by atoms with Crippen molar-refractivity contribution < 1.29 is 17.9 Å². The van der Waals surface area contributed by atoms with E-state index < -0.39 is 10.0 Å². The maximum atomic E-state index is 12.4. The van der Waals surface area contributed by atoms with Crippen LogP contribution in [0.15, 0.2) is 33.8 Å². The zero-order valence-electron chi connectivity index (χ0n) is 16.2. The van der Waals surface area contributed by atoms with E-state index in [1.54, 1.807) is 14.2 Å². The van der Waals surface area contributed by atoms with Crippen molar-refractivity contribution in [3.63, 3.8) is 0 Å². The first-order chi connectivity index (χ1) is 13.8. The first-order valence-electron chi connectivity index (χ1n) is 9.11. The summed E-state index contributed by atoms with van der Waals surface area (Å²) in [6.45, 7) is 2.86. The van der Waals surface area contributed by atoms with Gasteiger partial charge in [-0.1, -0.05) is 11.6 Å². The molecule has 1 aromatic carbocycles. The molecule has 2 heterocycles. The molecule has 1 N–H and O–H groups in total. The number of hydrogen-bond donors (Lipinski definition) is 1. The number of halogens is 2. The first-order valence-corrected chi connectivity index (χ1v) is 11.8. The third kappa shape index (κ3) is 5.40. The summed E-state index contributed by atoms with van der Waals surface area (Å²) >= 11 is 9.02. The van der Waals surface area contributed by atoms with E-state index in [9.17, 15) is 8.42 Å². The van der Waals surface area contributed by atoms with Gasteiger partial charge in [0.05, 0.1) is 18.7 Å². The lowest BCUT2D eigenvalue weighted by Gasteiger charge is -2.29. The zero-order valence-corrected chi connectivity index (χ0v) is 19.4. The Morgan fingerprint density at radius 2 is 1.90 bits per heavy atom. The fourth-order valence-electron chi connectivity index (χ4n) is 3.28. The molecular weight excluding hydrogens is 482 g/mol. The van der Waals surface area contributed by atoms with Crippen LogP contribution in [0.25, 0.3) is 0 Å². The molecule has 1 aliphatic rings. The number of nitrogens with one attached hydrogen (secondary N) is 1. The van der Waals surface area contributed by atoms with Crippen LogP contribution in [0.2, 0.25) is 5.15 Å². The summed E-state index contributed by atoms with van der Waals surface area (Å²) in [6, 6.07) is 5.51. The number of methoxy groups -OCH3 is 2. The Kier molecular flexibility index (Phi) is 7.39. The highest BCUT2D eigenvalue weighted by atomic mass is 79.9. The lowest BCUT2D eigenvalue weighted by Crippen LogP contribution is -2.33. The maximum absolute atomic E-state index is 12.4. The van der Waals surface area contributed by atoms with Crippen molar-refractivity contribution in [3.05, 3.63) is 45.1 Å². The third-order valence-electron chi connectivity index (χ3n) is 4.82. The van der Waals surface area contributed by atoms with Gasteiger partial charge >= 0.3 is 0 Å². The highest BCUT2D eigenvalue weighted by Gasteiger charge is 2.20. The van der Waals surface area contributed by atoms with Gasteiger partial charge in [0.25, 0.3) is 0 Å². The molecular formula is C19H23BrClN3O4S. The molecule has 0 saturated carbocycles. The minimum absolute atomic E-state index is 0.0849. The Morgan fingerprint density at radius 3 is 2.55 bits per heavy atom. The van der Waals surface area contributed by atoms with E-state index in [1.807, 2.05) is 12.1 Å². The maximum Gasteiger partial charge on any atom is 0.242 e. The average molecular weight is 505 g/mol. The largest absolute Gasteiger partial charge is 0.493 e. The first kappa shape index (κ1) is 22.3. The standard InChI is InChI=1S/C19H23BrClN3O4S/c1-27-17-8-13-4-7-24(12-14(13)9-18(17)28-2)6-3-5-23-29(25,26)15-10-16(20)19(21)22-11-15/h8-11,23H,3-7,12H2,1-2H3. The third-order valence-corrected chi connectivity index (χ3v) is 7.38. The van der Waals surface area contributed by atoms with Crippen LogP contribution in [0.1, 0.15) is 17.5 Å². The van der Waals surface area contributed by atoms with Gasteiger partial charge < -0.3 is 9.47 Å². The molecule has 29 heavy (non-hydrogen) atoms. The van der Waals surface area contributed by atoms with Gasteiger partial charge in [0.15, 0.2) is 11.5 Å². The summed E-state index contributed by atoms with van der Waals surface area (Å²) < 4.78 is 38.6. The van der Waals surface area contributed by atoms with E-state index in [2.05, 4.69) is 30.5 Å². The van der Waals surface area contributed by atoms with Crippen molar-refractivity contribution in [1.29, 1.82) is 0 Å². The molecule has 158 valence electrons. The predicted molar refractivity (Wildman–Crippen MR) is 115 cm³/mol. The zero-order chi connectivity index (χ0) is 21.0. The quantitative estimate of drug-likeness (QED) is 0.439. The van der Waals surface area contributed by atoms with E-state index in [0.717, 1.165) is 37.6 Å². The number of fused-ring (bicyclic) bond motifs is 1. The van der Waals surface area contributed by atoms with Gasteiger partial charge in [-0.25, -0.2) is 18.1 Å². The summed E-state index contributed by atoms with van der Waals surface area (Å²) in [4.78, 5) is 6.26. The van der Waals surface area contributed by atoms with Crippen molar-refractivity contribution >= 4 is 37.6 Å². The molecule has 2 aromatic rings. The average Bonchev–Trinajstić information content (AvgIpc) is 2.71. The second kappa shape index (κ2) is 9.61. The van der Waals surface area contributed by atoms with E-state index >= 15 is 0 Å². The van der Waals surface area contributed by atoms with Crippen molar-refractivity contribution in [3.8, 4) is 11.5 Å². The van der Waals surface area contributed by atoms with Gasteiger partial charge in [-0.2, -0.15) is 0 Å². The molecule has 0 unspecified atom stereocenters. The molecule has 0 amide bonds. The van der Waals surface area contributed by atoms with Crippen molar-refractivity contribution in [2.75, 3.05) is 33.9 Å². The minimum Gasteiger partial charge on any atom is -0.493 e. The number of nitrogens with zero attached hydrogens (tertiary/aromatic N) is 2. The summed E-state index contributed by atoms with van der Waals surface area (Å²) in [6.07, 6.45) is 2.87. The molecule has 1 aromatic heterocycles. The van der Waals surface area contributed by atoms with Gasteiger partial charge in [0, 0.05) is 25.8 Å². The van der Waals surface area contributed by atoms with E-state index in [-0.39, 0.29) is 10.0 Å². The number of rotatable bonds is 8. The Bertz CT molecular complexity index is 988. The van der Waals surface area contributed by atoms with Crippen LogP contribution >= 0.6 is 27.5 Å². The Balaban J connectivity index is 1.53.